The first-order chi connectivity index (χ1) is 0. The van der Waals surface area contributed by atoms with E-state index in [4.69, 9.17) is 0 Å². The van der Waals surface area contributed by atoms with Gasteiger partial charge in [-0.25, -0.2) is 0 Å². The van der Waals surface area contributed by atoms with Gasteiger partial charge in [-0.05, 0) is 0 Å². The molecule has 0 atom stereocenters. The van der Waals surface area contributed by atoms with Gasteiger partial charge in [-0.2, -0.15) is 0 Å². The molecule has 0 aliphatic rings. The zero-order valence-corrected chi connectivity index (χ0v) is 263. The Kier molecular flexibility index (Phi) is 4310. The minimum Gasteiger partial charge on any atom is 0 e. The van der Waals surface area contributed by atoms with Gasteiger partial charge in [-0.1, -0.05) is 0 Å². The Morgan fingerprint density at radius 3 is 0.0130 bits per heavy atom. The maximum absolute atomic E-state index is 0. The van der Waals surface area contributed by atoms with Crippen LogP contribution in [0.15, 0.2) is 0 Å². The Hall–Kier alpha value is 85.0. The molecule has 77 heavy (non-hydrogen) atoms. The smallest absolute Gasteiger partial charge is 0 e. The van der Waals surface area contributed by atoms with Crippen molar-refractivity contribution in [2.75, 3.05) is 0 Å². The Morgan fingerprint density at radius 1 is 0.0130 bits per heavy atom. The number of rotatable bonds is 0. The molecule has 0 amide bonds. The molecule has 0 aromatic rings. The van der Waals surface area contributed by atoms with Crippen LogP contribution in [0.5, 0.6) is 0 Å². The van der Waals surface area contributed by atoms with Crippen LogP contribution >= 0.6 is 0 Å². The van der Waals surface area contributed by atoms with Crippen molar-refractivity contribution in [3.63, 3.8) is 0 Å². The van der Waals surface area contributed by atoms with Crippen molar-refractivity contribution in [1.29, 1.82) is 0 Å². The van der Waals surface area contributed by atoms with E-state index in [0.29, 0.717) is 0 Å². The minimum atomic E-state index is 0. The molecule has 0 spiro atoms. The third-order valence-corrected chi connectivity index (χ3v) is 0. The first-order valence-electron chi connectivity index (χ1n) is 0. The van der Waals surface area contributed by atoms with E-state index in [1.807, 2.05) is 0 Å². The van der Waals surface area contributed by atoms with Crippen molar-refractivity contribution in [3.05, 3.63) is 0 Å². The van der Waals surface area contributed by atoms with Gasteiger partial charge < -0.3 is 0 Å². The van der Waals surface area contributed by atoms with E-state index >= 15 is 0 Å². The average Bonchev–Trinajstić information content (AvgIpc) is 0. The summed E-state index contributed by atoms with van der Waals surface area (Å²) >= 11 is 0. The summed E-state index contributed by atoms with van der Waals surface area (Å²) in [6.45, 7) is 0. The Bertz CT molecular complexity index is 0. The molecule has 0 aliphatic heterocycles. The van der Waals surface area contributed by atoms with Gasteiger partial charge in [0, 0.05) is 2520 Å². The number of hydrogen-bond acceptors (Lipinski definition) is 0. The maximum atomic E-state index is 0. The van der Waals surface area contributed by atoms with Crippen molar-refractivity contribution >= 4 is 0 Å². The Balaban J connectivity index is 0. The largest absolute Gasteiger partial charge is 0 e. The predicted octanol–water partition coefficient (Wildman–Crippen LogP) is -0.193. The van der Waals surface area contributed by atoms with Crippen LogP contribution in [-0.2, 0) is 2520 Å². The maximum Gasteiger partial charge on any atom is 0 e. The molecule has 0 N–H and O–H groups in total. The second-order valence-corrected chi connectivity index (χ2v) is 0. The number of hydrogen-bond donors (Lipinski definition) is 0. The minimum absolute atomic E-state index is 0. The summed E-state index contributed by atoms with van der Waals surface area (Å²) in [5.41, 5.74) is 0. The molecule has 0 rings (SSSR count). The quantitative estimate of drug-likeness (QED) is 0.316. The van der Waals surface area contributed by atoms with Gasteiger partial charge in [0.05, 0.1) is 0 Å². The van der Waals surface area contributed by atoms with Crippen LogP contribution in [-0.4, -0.2) is 0 Å². The third-order valence-electron chi connectivity index (χ3n) is 0. The van der Waals surface area contributed by atoms with Crippen LogP contribution in [0, 0.1) is 0 Å². The van der Waals surface area contributed by atoms with Gasteiger partial charge in [-0.3, -0.25) is 0 Å². The van der Waals surface area contributed by atoms with Crippen molar-refractivity contribution in [3.8, 4) is 0 Å². The van der Waals surface area contributed by atoms with Crippen LogP contribution in [0.4, 0.5) is 0 Å². The summed E-state index contributed by atoms with van der Waals surface area (Å²) in [5.74, 6) is 0. The zero-order valence-electron chi connectivity index (χ0n) is 44.5. The van der Waals surface area contributed by atoms with Crippen molar-refractivity contribution in [1.82, 2.24) is 0 Å². The standard InChI is InChI=1S/77Y. The fraction of sp³-hybridized carbons (Fsp3) is 0. The zero-order chi connectivity index (χ0) is 0. The first kappa shape index (κ1) is 581. The van der Waals surface area contributed by atoms with Gasteiger partial charge in [0.1, 0.15) is 0 Å². The molecule has 0 bridgehead atoms. The van der Waals surface area contributed by atoms with Gasteiger partial charge in [-0.15, -0.1) is 0 Å². The van der Waals surface area contributed by atoms with Gasteiger partial charge in [0.15, 0.2) is 0 Å². The summed E-state index contributed by atoms with van der Waals surface area (Å²) < 4.78 is 0. The van der Waals surface area contributed by atoms with Crippen LogP contribution in [0.25, 0.3) is 0 Å². The molecule has 77 heteroatoms. The SMILES string of the molecule is [Y].[Y].[Y].[Y].[Y].[Y].[Y].[Y].[Y].[Y].[Y].[Y].[Y].[Y].[Y].[Y].[Y].[Y].[Y].[Y].[Y].[Y].[Y].[Y].[Y].[Y].[Y].[Y].[Y].[Y].[Y].[Y].[Y].[Y].[Y].[Y].[Y].[Y].[Y].[Y].[Y].[Y].[Y].[Y].[Y].[Y].[Y].[Y].[Y].[Y].[Y].[Y].[Y].[Y].[Y].[Y].[Y].[Y].[Y].[Y].[Y].[Y].[Y].[Y].[Y].[Y].[Y].[Y].[Y].[Y].[Y].[Y].[Y].[Y].[Y].[Y].[Y]. The van der Waals surface area contributed by atoms with Crippen molar-refractivity contribution < 1.29 is 2520 Å². The van der Waals surface area contributed by atoms with Crippen molar-refractivity contribution in [2.24, 2.45) is 0 Å². The molecule has 0 nitrogen and oxygen atoms in total. The van der Waals surface area contributed by atoms with Crippen LogP contribution in [0.3, 0.4) is 0 Å². The molecular formula is Y77. The van der Waals surface area contributed by atoms with E-state index < -0.39 is 0 Å². The fourth-order valence-electron chi connectivity index (χ4n) is 0. The van der Waals surface area contributed by atoms with E-state index in [1.54, 1.807) is 0 Å². The first-order valence-corrected chi connectivity index (χ1v) is 0. The molecule has 0 saturated carbocycles. The van der Waals surface area contributed by atoms with E-state index in [9.17, 15) is 0 Å². The van der Waals surface area contributed by atoms with E-state index in [0.717, 1.165) is 0 Å². The monoisotopic (exact) mass is 6850 g/mol. The van der Waals surface area contributed by atoms with Gasteiger partial charge >= 0.3 is 0 Å². The Morgan fingerprint density at radius 2 is 0.0130 bits per heavy atom. The summed E-state index contributed by atoms with van der Waals surface area (Å²) in [4.78, 5) is 0. The molecule has 0 aromatic carbocycles. The molecule has 0 aliphatic carbocycles. The summed E-state index contributed by atoms with van der Waals surface area (Å²) in [6, 6.07) is 0. The summed E-state index contributed by atoms with van der Waals surface area (Å²) in [7, 11) is 0. The van der Waals surface area contributed by atoms with Crippen LogP contribution in [0.1, 0.15) is 0 Å². The molecule has 0 heterocycles. The average molecular weight is 6850 g/mol. The van der Waals surface area contributed by atoms with Crippen LogP contribution < -0.4 is 0 Å². The van der Waals surface area contributed by atoms with E-state index in [2.05, 4.69) is 0 Å². The van der Waals surface area contributed by atoms with Gasteiger partial charge in [0.25, 0.3) is 0 Å². The van der Waals surface area contributed by atoms with Crippen LogP contribution in [0.2, 0.25) is 0 Å². The molecule has 0 unspecified atom stereocenters. The predicted molar refractivity (Wildman–Crippen MR) is 0 cm³/mol. The van der Waals surface area contributed by atoms with E-state index in [-0.39, 0.29) is 2520 Å². The second-order valence-electron chi connectivity index (χ2n) is 0. The molecule has 77 radical (unpaired) electrons. The molecule has 0 fully saturated rings. The third kappa shape index (κ3) is 563. The van der Waals surface area contributed by atoms with E-state index in [1.165, 1.54) is 0 Å². The Labute approximate surface area is 2420 Å². The van der Waals surface area contributed by atoms with Crippen molar-refractivity contribution in [2.45, 2.75) is 0 Å². The summed E-state index contributed by atoms with van der Waals surface area (Å²) in [5, 5.41) is 0. The summed E-state index contributed by atoms with van der Waals surface area (Å²) in [6.07, 6.45) is 0. The van der Waals surface area contributed by atoms with Gasteiger partial charge in [0.2, 0.25) is 0 Å². The normalized spacial score (nSPS) is 0. The molecular weight excluding hydrogens is 6850 g/mol. The molecule has 0 saturated heterocycles. The fourth-order valence-corrected chi connectivity index (χ4v) is 0. The molecule has 231 valence electrons. The topological polar surface area (TPSA) is 0 Å². The second kappa shape index (κ2) is 570. The molecule has 0 aromatic heterocycles.